The van der Waals surface area contributed by atoms with Gasteiger partial charge in [-0.1, -0.05) is 43.3 Å². The van der Waals surface area contributed by atoms with Crippen LogP contribution in [0.5, 0.6) is 5.75 Å². The number of aliphatic hydroxyl groups is 1. The summed E-state index contributed by atoms with van der Waals surface area (Å²) in [5.41, 5.74) is 2.67. The van der Waals surface area contributed by atoms with Gasteiger partial charge in [0.2, 0.25) is 5.91 Å². The highest BCUT2D eigenvalue weighted by atomic mass is 16.5. The van der Waals surface area contributed by atoms with Gasteiger partial charge in [-0.15, -0.1) is 0 Å². The highest BCUT2D eigenvalue weighted by Gasteiger charge is 2.08. The van der Waals surface area contributed by atoms with E-state index in [1.807, 2.05) is 48.5 Å². The molecule has 0 spiro atoms. The Hall–Kier alpha value is -2.33. The summed E-state index contributed by atoms with van der Waals surface area (Å²) >= 11 is 0. The van der Waals surface area contributed by atoms with Crippen LogP contribution in [-0.4, -0.2) is 17.6 Å². The molecule has 0 saturated heterocycles. The molecule has 0 aliphatic heterocycles. The third-order valence-corrected chi connectivity index (χ3v) is 3.28. The molecule has 0 atom stereocenters. The molecule has 0 radical (unpaired) electrons. The normalized spacial score (nSPS) is 10.3. The van der Waals surface area contributed by atoms with Gasteiger partial charge in [0.25, 0.3) is 0 Å². The molecule has 0 bridgehead atoms. The Morgan fingerprint density at radius 3 is 2.59 bits per heavy atom. The van der Waals surface area contributed by atoms with Gasteiger partial charge in [-0.25, -0.2) is 0 Å². The number of hydrogen-bond donors (Lipinski definition) is 2. The van der Waals surface area contributed by atoms with Gasteiger partial charge in [0, 0.05) is 13.0 Å². The SMILES string of the molecule is CCC(=O)Nc1cc(CCO)ccc1OCc1ccccc1. The summed E-state index contributed by atoms with van der Waals surface area (Å²) in [6.07, 6.45) is 0.955. The molecule has 0 fully saturated rings. The summed E-state index contributed by atoms with van der Waals surface area (Å²) in [5.74, 6) is 0.568. The van der Waals surface area contributed by atoms with Crippen LogP contribution in [-0.2, 0) is 17.8 Å². The van der Waals surface area contributed by atoms with Crippen molar-refractivity contribution in [2.45, 2.75) is 26.4 Å². The zero-order chi connectivity index (χ0) is 15.8. The molecule has 2 aromatic rings. The predicted octanol–water partition coefficient (Wildman–Crippen LogP) is 3.15. The molecular weight excluding hydrogens is 278 g/mol. The van der Waals surface area contributed by atoms with Crippen LogP contribution >= 0.6 is 0 Å². The fraction of sp³-hybridized carbons (Fsp3) is 0.278. The molecular formula is C18H21NO3. The maximum atomic E-state index is 11.7. The Balaban J connectivity index is 2.15. The zero-order valence-corrected chi connectivity index (χ0v) is 12.7. The highest BCUT2D eigenvalue weighted by Crippen LogP contribution is 2.27. The number of carbonyl (C=O) groups excluding carboxylic acids is 1. The van der Waals surface area contributed by atoms with Crippen molar-refractivity contribution in [2.75, 3.05) is 11.9 Å². The molecule has 2 aromatic carbocycles. The maximum Gasteiger partial charge on any atom is 0.224 e. The van der Waals surface area contributed by atoms with Crippen LogP contribution in [0.3, 0.4) is 0 Å². The van der Waals surface area contributed by atoms with Crippen LogP contribution in [0.4, 0.5) is 5.69 Å². The number of amides is 1. The van der Waals surface area contributed by atoms with Crippen LogP contribution in [0.15, 0.2) is 48.5 Å². The third-order valence-electron chi connectivity index (χ3n) is 3.28. The van der Waals surface area contributed by atoms with Gasteiger partial charge < -0.3 is 15.2 Å². The standard InChI is InChI=1S/C18H21NO3/c1-2-18(21)19-16-12-14(10-11-20)8-9-17(16)22-13-15-6-4-3-5-7-15/h3-9,12,20H,2,10-11,13H2,1H3,(H,19,21). The average Bonchev–Trinajstić information content (AvgIpc) is 2.55. The molecule has 22 heavy (non-hydrogen) atoms. The van der Waals surface area contributed by atoms with Crippen molar-refractivity contribution >= 4 is 11.6 Å². The van der Waals surface area contributed by atoms with Crippen molar-refractivity contribution < 1.29 is 14.6 Å². The summed E-state index contributed by atoms with van der Waals surface area (Å²) < 4.78 is 5.82. The van der Waals surface area contributed by atoms with E-state index in [-0.39, 0.29) is 12.5 Å². The first-order chi connectivity index (χ1) is 10.7. The maximum absolute atomic E-state index is 11.7. The Kier molecular flexibility index (Phi) is 5.98. The number of ether oxygens (including phenoxy) is 1. The van der Waals surface area contributed by atoms with Crippen molar-refractivity contribution in [1.82, 2.24) is 0 Å². The molecule has 0 aromatic heterocycles. The molecule has 2 N–H and O–H groups in total. The molecule has 4 heteroatoms. The van der Waals surface area contributed by atoms with E-state index >= 15 is 0 Å². The minimum atomic E-state index is -0.0642. The Labute approximate surface area is 130 Å². The van der Waals surface area contributed by atoms with Crippen LogP contribution < -0.4 is 10.1 Å². The number of anilines is 1. The van der Waals surface area contributed by atoms with E-state index in [1.165, 1.54) is 0 Å². The van der Waals surface area contributed by atoms with Gasteiger partial charge >= 0.3 is 0 Å². The second-order valence-corrected chi connectivity index (χ2v) is 4.98. The number of hydrogen-bond acceptors (Lipinski definition) is 3. The fourth-order valence-corrected chi connectivity index (χ4v) is 2.06. The Bertz CT molecular complexity index is 611. The van der Waals surface area contributed by atoms with Gasteiger partial charge in [-0.05, 0) is 29.7 Å². The van der Waals surface area contributed by atoms with Gasteiger partial charge in [-0.2, -0.15) is 0 Å². The van der Waals surface area contributed by atoms with Gasteiger partial charge in [0.15, 0.2) is 0 Å². The minimum absolute atomic E-state index is 0.0642. The number of benzene rings is 2. The van der Waals surface area contributed by atoms with Gasteiger partial charge in [0.05, 0.1) is 5.69 Å². The van der Waals surface area contributed by atoms with Crippen LogP contribution in [0, 0.1) is 0 Å². The summed E-state index contributed by atoms with van der Waals surface area (Å²) in [6, 6.07) is 15.4. The molecule has 0 unspecified atom stereocenters. The van der Waals surface area contributed by atoms with E-state index in [0.717, 1.165) is 11.1 Å². The van der Waals surface area contributed by atoms with Crippen molar-refractivity contribution in [3.05, 3.63) is 59.7 Å². The number of aliphatic hydroxyl groups excluding tert-OH is 1. The third kappa shape index (κ3) is 4.60. The van der Waals surface area contributed by atoms with Crippen LogP contribution in [0.1, 0.15) is 24.5 Å². The summed E-state index contributed by atoms with van der Waals surface area (Å²) in [6.45, 7) is 2.32. The second-order valence-electron chi connectivity index (χ2n) is 4.98. The topological polar surface area (TPSA) is 58.6 Å². The molecule has 2 rings (SSSR count). The van der Waals surface area contributed by atoms with E-state index in [1.54, 1.807) is 6.92 Å². The first-order valence-electron chi connectivity index (χ1n) is 7.43. The lowest BCUT2D eigenvalue weighted by Crippen LogP contribution is -2.11. The summed E-state index contributed by atoms with van der Waals surface area (Å²) in [5, 5.41) is 11.9. The molecule has 0 aliphatic rings. The number of nitrogens with one attached hydrogen (secondary N) is 1. The largest absolute Gasteiger partial charge is 0.487 e. The first-order valence-corrected chi connectivity index (χ1v) is 7.43. The molecule has 0 heterocycles. The van der Waals surface area contributed by atoms with Crippen molar-refractivity contribution in [3.63, 3.8) is 0 Å². The summed E-state index contributed by atoms with van der Waals surface area (Å²) in [4.78, 5) is 11.7. The predicted molar refractivity (Wildman–Crippen MR) is 86.9 cm³/mol. The number of rotatable bonds is 7. The Morgan fingerprint density at radius 2 is 1.91 bits per heavy atom. The fourth-order valence-electron chi connectivity index (χ4n) is 2.06. The van der Waals surface area contributed by atoms with E-state index in [4.69, 9.17) is 9.84 Å². The second kappa shape index (κ2) is 8.20. The van der Waals surface area contributed by atoms with E-state index in [2.05, 4.69) is 5.32 Å². The molecule has 0 aliphatic carbocycles. The zero-order valence-electron chi connectivity index (χ0n) is 12.7. The van der Waals surface area contributed by atoms with E-state index in [9.17, 15) is 4.79 Å². The van der Waals surface area contributed by atoms with Crippen molar-refractivity contribution in [2.24, 2.45) is 0 Å². The lowest BCUT2D eigenvalue weighted by atomic mass is 10.1. The minimum Gasteiger partial charge on any atom is -0.487 e. The molecule has 116 valence electrons. The Morgan fingerprint density at radius 1 is 1.14 bits per heavy atom. The van der Waals surface area contributed by atoms with Gasteiger partial charge in [0.1, 0.15) is 12.4 Å². The van der Waals surface area contributed by atoms with Crippen LogP contribution in [0.2, 0.25) is 0 Å². The molecule has 0 saturated carbocycles. The van der Waals surface area contributed by atoms with Crippen LogP contribution in [0.25, 0.3) is 0 Å². The van der Waals surface area contributed by atoms with E-state index in [0.29, 0.717) is 30.9 Å². The molecule has 1 amide bonds. The van der Waals surface area contributed by atoms with Crippen molar-refractivity contribution in [1.29, 1.82) is 0 Å². The smallest absolute Gasteiger partial charge is 0.224 e. The van der Waals surface area contributed by atoms with Crippen molar-refractivity contribution in [3.8, 4) is 5.75 Å². The lowest BCUT2D eigenvalue weighted by Gasteiger charge is -2.14. The lowest BCUT2D eigenvalue weighted by molar-refractivity contribution is -0.115. The first kappa shape index (κ1) is 16.0. The number of carbonyl (C=O) groups is 1. The molecule has 4 nitrogen and oxygen atoms in total. The highest BCUT2D eigenvalue weighted by molar-refractivity contribution is 5.92. The quantitative estimate of drug-likeness (QED) is 0.825. The summed E-state index contributed by atoms with van der Waals surface area (Å²) in [7, 11) is 0. The monoisotopic (exact) mass is 299 g/mol. The average molecular weight is 299 g/mol. The van der Waals surface area contributed by atoms with Gasteiger partial charge in [-0.3, -0.25) is 4.79 Å². The van der Waals surface area contributed by atoms with E-state index < -0.39 is 0 Å².